The number of para-hydroxylation sites is 1. The minimum absolute atomic E-state index is 0.597. The Hall–Kier alpha value is -1.32. The van der Waals surface area contributed by atoms with Crippen molar-refractivity contribution in [3.05, 3.63) is 51.2 Å². The molecular weight excluding hydrogens is 264 g/mol. The Labute approximate surface area is 125 Å². The topological polar surface area (TPSA) is 15.3 Å². The molecule has 1 aromatic heterocycles. The van der Waals surface area contributed by atoms with Crippen LogP contribution >= 0.6 is 11.3 Å². The van der Waals surface area contributed by atoms with Gasteiger partial charge < -0.3 is 10.2 Å². The van der Waals surface area contributed by atoms with Gasteiger partial charge in [0, 0.05) is 34.6 Å². The molecule has 1 unspecified atom stereocenters. The van der Waals surface area contributed by atoms with Crippen LogP contribution in [-0.2, 0) is 19.5 Å². The molecule has 2 nitrogen and oxygen atoms in total. The number of aryl methyl sites for hydroxylation is 1. The third kappa shape index (κ3) is 2.48. The lowest BCUT2D eigenvalue weighted by Gasteiger charge is -2.25. The van der Waals surface area contributed by atoms with Gasteiger partial charge in [-0.15, -0.1) is 11.3 Å². The Bertz CT molecular complexity index is 603. The molecule has 0 amide bonds. The van der Waals surface area contributed by atoms with Crippen LogP contribution in [0, 0.1) is 6.92 Å². The molecule has 0 aliphatic carbocycles. The van der Waals surface area contributed by atoms with Crippen LogP contribution in [0.15, 0.2) is 30.3 Å². The van der Waals surface area contributed by atoms with Crippen molar-refractivity contribution in [2.45, 2.75) is 39.4 Å². The van der Waals surface area contributed by atoms with Gasteiger partial charge in [-0.25, -0.2) is 0 Å². The second-order valence-electron chi connectivity index (χ2n) is 5.63. The van der Waals surface area contributed by atoms with Crippen LogP contribution in [0.1, 0.15) is 27.8 Å². The number of fused-ring (bicyclic) bond motifs is 1. The van der Waals surface area contributed by atoms with Gasteiger partial charge in [-0.3, -0.25) is 0 Å². The third-order valence-electron chi connectivity index (χ3n) is 4.11. The molecule has 1 aromatic carbocycles. The predicted octanol–water partition coefficient (Wildman–Crippen LogP) is 3.73. The summed E-state index contributed by atoms with van der Waals surface area (Å²) in [5.41, 5.74) is 4.38. The van der Waals surface area contributed by atoms with Crippen molar-refractivity contribution < 1.29 is 0 Å². The fraction of sp³-hybridized carbons (Fsp3) is 0.412. The summed E-state index contributed by atoms with van der Waals surface area (Å²) in [6, 6.07) is 11.8. The first kappa shape index (κ1) is 13.7. The van der Waals surface area contributed by atoms with E-state index in [2.05, 4.69) is 54.4 Å². The highest BCUT2D eigenvalue weighted by Gasteiger charge is 2.26. The molecule has 0 bridgehead atoms. The van der Waals surface area contributed by atoms with E-state index in [9.17, 15) is 0 Å². The Morgan fingerprint density at radius 2 is 2.15 bits per heavy atom. The fourth-order valence-electron chi connectivity index (χ4n) is 3.06. The fourth-order valence-corrected chi connectivity index (χ4v) is 4.13. The van der Waals surface area contributed by atoms with Crippen molar-refractivity contribution in [1.82, 2.24) is 5.32 Å². The van der Waals surface area contributed by atoms with Gasteiger partial charge in [0.2, 0.25) is 0 Å². The molecule has 2 heterocycles. The minimum Gasteiger partial charge on any atom is -0.364 e. The van der Waals surface area contributed by atoms with E-state index >= 15 is 0 Å². The summed E-state index contributed by atoms with van der Waals surface area (Å²) in [5, 5.41) is 3.24. The van der Waals surface area contributed by atoms with Gasteiger partial charge in [-0.05, 0) is 50.6 Å². The summed E-state index contributed by atoms with van der Waals surface area (Å²) >= 11 is 1.92. The maximum atomic E-state index is 3.24. The third-order valence-corrected chi connectivity index (χ3v) is 5.20. The Kier molecular flexibility index (Phi) is 3.81. The summed E-state index contributed by atoms with van der Waals surface area (Å²) < 4.78 is 0. The van der Waals surface area contributed by atoms with Crippen LogP contribution in [0.25, 0.3) is 0 Å². The maximum Gasteiger partial charge on any atom is 0.0443 e. The molecule has 3 rings (SSSR count). The summed E-state index contributed by atoms with van der Waals surface area (Å²) in [6.45, 7) is 6.57. The molecule has 0 saturated heterocycles. The maximum absolute atomic E-state index is 3.24. The van der Waals surface area contributed by atoms with Gasteiger partial charge in [0.05, 0.1) is 0 Å². The lowest BCUT2D eigenvalue weighted by Crippen LogP contribution is -2.28. The lowest BCUT2D eigenvalue weighted by molar-refractivity contribution is 0.671. The second-order valence-corrected chi connectivity index (χ2v) is 6.98. The zero-order valence-corrected chi connectivity index (χ0v) is 13.3. The first-order valence-electron chi connectivity index (χ1n) is 7.26. The van der Waals surface area contributed by atoms with Crippen molar-refractivity contribution in [2.75, 3.05) is 11.9 Å². The highest BCUT2D eigenvalue weighted by molar-refractivity contribution is 7.12. The quantitative estimate of drug-likeness (QED) is 0.921. The second kappa shape index (κ2) is 5.58. The summed E-state index contributed by atoms with van der Waals surface area (Å²) in [6.07, 6.45) is 1.17. The number of nitrogens with one attached hydrogen (secondary N) is 1. The van der Waals surface area contributed by atoms with Gasteiger partial charge in [0.15, 0.2) is 0 Å². The van der Waals surface area contributed by atoms with E-state index in [1.807, 2.05) is 18.4 Å². The molecule has 3 heteroatoms. The predicted molar refractivity (Wildman–Crippen MR) is 87.6 cm³/mol. The van der Waals surface area contributed by atoms with E-state index in [0.29, 0.717) is 6.04 Å². The zero-order valence-electron chi connectivity index (χ0n) is 12.4. The Morgan fingerprint density at radius 3 is 2.95 bits per heavy atom. The summed E-state index contributed by atoms with van der Waals surface area (Å²) in [5.74, 6) is 0. The average molecular weight is 286 g/mol. The molecule has 1 aliphatic heterocycles. The molecule has 0 fully saturated rings. The first-order chi connectivity index (χ1) is 9.69. The number of anilines is 1. The monoisotopic (exact) mass is 286 g/mol. The zero-order chi connectivity index (χ0) is 14.1. The summed E-state index contributed by atoms with van der Waals surface area (Å²) in [4.78, 5) is 5.43. The van der Waals surface area contributed by atoms with Gasteiger partial charge in [-0.2, -0.15) is 0 Å². The Balaban J connectivity index is 1.84. The first-order valence-corrected chi connectivity index (χ1v) is 8.08. The van der Waals surface area contributed by atoms with Crippen LogP contribution in [-0.4, -0.2) is 13.1 Å². The largest absolute Gasteiger partial charge is 0.364 e. The summed E-state index contributed by atoms with van der Waals surface area (Å²) in [7, 11) is 2.01. The molecular formula is C17H22N2S. The van der Waals surface area contributed by atoms with Crippen LogP contribution in [0.2, 0.25) is 0 Å². The van der Waals surface area contributed by atoms with E-state index in [4.69, 9.17) is 0 Å². The number of hydrogen-bond donors (Lipinski definition) is 1. The smallest absolute Gasteiger partial charge is 0.0443 e. The number of hydrogen-bond acceptors (Lipinski definition) is 3. The molecule has 1 atom stereocenters. The molecule has 0 spiro atoms. The van der Waals surface area contributed by atoms with Gasteiger partial charge in [-0.1, -0.05) is 18.2 Å². The molecule has 1 aliphatic rings. The SMILES string of the molecule is CNCc1cc(CN2c3ccccc3CC2C)c(C)s1. The van der Waals surface area contributed by atoms with Crippen LogP contribution < -0.4 is 10.2 Å². The highest BCUT2D eigenvalue weighted by Crippen LogP contribution is 2.34. The average Bonchev–Trinajstić information content (AvgIpc) is 2.92. The van der Waals surface area contributed by atoms with E-state index in [0.717, 1.165) is 13.1 Å². The van der Waals surface area contributed by atoms with Crippen molar-refractivity contribution in [2.24, 2.45) is 0 Å². The molecule has 20 heavy (non-hydrogen) atoms. The van der Waals surface area contributed by atoms with Gasteiger partial charge in [0.25, 0.3) is 0 Å². The molecule has 1 N–H and O–H groups in total. The molecule has 2 aromatic rings. The molecule has 0 radical (unpaired) electrons. The highest BCUT2D eigenvalue weighted by atomic mass is 32.1. The molecule has 0 saturated carbocycles. The van der Waals surface area contributed by atoms with Crippen molar-refractivity contribution in [1.29, 1.82) is 0 Å². The van der Waals surface area contributed by atoms with Crippen molar-refractivity contribution >= 4 is 17.0 Å². The number of benzene rings is 1. The molecule has 106 valence electrons. The lowest BCUT2D eigenvalue weighted by atomic mass is 10.1. The number of nitrogens with zero attached hydrogens (tertiary/aromatic N) is 1. The Morgan fingerprint density at radius 1 is 1.35 bits per heavy atom. The minimum atomic E-state index is 0.597. The standard InChI is InChI=1S/C17H22N2S/c1-12-8-14-6-4-5-7-17(14)19(12)11-15-9-16(10-18-3)20-13(15)2/h4-7,9,12,18H,8,10-11H2,1-3H3. The van der Waals surface area contributed by atoms with E-state index in [1.54, 1.807) is 0 Å². The number of rotatable bonds is 4. The van der Waals surface area contributed by atoms with Crippen LogP contribution in [0.3, 0.4) is 0 Å². The van der Waals surface area contributed by atoms with Crippen molar-refractivity contribution in [3.8, 4) is 0 Å². The van der Waals surface area contributed by atoms with Crippen LogP contribution in [0.4, 0.5) is 5.69 Å². The van der Waals surface area contributed by atoms with E-state index < -0.39 is 0 Å². The van der Waals surface area contributed by atoms with Crippen LogP contribution in [0.5, 0.6) is 0 Å². The van der Waals surface area contributed by atoms with Crippen molar-refractivity contribution in [3.63, 3.8) is 0 Å². The van der Waals surface area contributed by atoms with Gasteiger partial charge >= 0.3 is 0 Å². The van der Waals surface area contributed by atoms with Gasteiger partial charge in [0.1, 0.15) is 0 Å². The van der Waals surface area contributed by atoms with E-state index in [1.165, 1.54) is 33.0 Å². The van der Waals surface area contributed by atoms with E-state index in [-0.39, 0.29) is 0 Å². The normalized spacial score (nSPS) is 17.6. The number of thiophene rings is 1.